The van der Waals surface area contributed by atoms with Crippen molar-refractivity contribution >= 4 is 11.6 Å². The van der Waals surface area contributed by atoms with Gasteiger partial charge in [-0.1, -0.05) is 26.0 Å². The summed E-state index contributed by atoms with van der Waals surface area (Å²) in [5.41, 5.74) is 3.54. The third kappa shape index (κ3) is 14.4. The number of rotatable bonds is 14. The lowest BCUT2D eigenvalue weighted by Crippen LogP contribution is -2.25. The van der Waals surface area contributed by atoms with Gasteiger partial charge in [0.25, 0.3) is 0 Å². The number of hydrogen-bond acceptors (Lipinski definition) is 10. The zero-order valence-electron chi connectivity index (χ0n) is 32.2. The summed E-state index contributed by atoms with van der Waals surface area (Å²) in [5, 5.41) is 9.21. The third-order valence-corrected chi connectivity index (χ3v) is 8.87. The fourth-order valence-electron chi connectivity index (χ4n) is 5.62. The first kappa shape index (κ1) is 42.9. The molecule has 296 valence electrons. The van der Waals surface area contributed by atoms with Crippen LogP contribution in [0.25, 0.3) is 0 Å². The SMILES string of the molecule is CCc1ccc(O)c(OC)c1.CCc1ccc(Oc2ccc(C(=O)CCC3OCCCO3)cc2)c(OC)c1.O=C(CCC1OCCCO1)c1ccc(F)cc1. The summed E-state index contributed by atoms with van der Waals surface area (Å²) < 4.78 is 50.6. The Morgan fingerprint density at radius 2 is 1.09 bits per heavy atom. The summed E-state index contributed by atoms with van der Waals surface area (Å²) in [7, 11) is 3.18. The molecule has 2 aliphatic rings. The van der Waals surface area contributed by atoms with Crippen LogP contribution in [0.3, 0.4) is 0 Å². The first-order valence-corrected chi connectivity index (χ1v) is 18.8. The number of Topliss-reactive ketones (excluding diaryl/α,β-unsaturated/α-hetero) is 2. The van der Waals surface area contributed by atoms with Crippen LogP contribution in [0, 0.1) is 5.82 Å². The number of aryl methyl sites for hydroxylation is 2. The van der Waals surface area contributed by atoms with Crippen molar-refractivity contribution in [3.63, 3.8) is 0 Å². The lowest BCUT2D eigenvalue weighted by atomic mass is 10.1. The van der Waals surface area contributed by atoms with Gasteiger partial charge in [0.1, 0.15) is 11.6 Å². The molecule has 0 bridgehead atoms. The quantitative estimate of drug-likeness (QED) is 0.125. The minimum absolute atomic E-state index is 0.0113. The van der Waals surface area contributed by atoms with Gasteiger partial charge < -0.3 is 38.3 Å². The number of phenolic OH excluding ortho intramolecular Hbond substituents is 1. The summed E-state index contributed by atoms with van der Waals surface area (Å²) in [5.74, 6) is 2.48. The smallest absolute Gasteiger partial charge is 0.169 e. The number of hydrogen-bond donors (Lipinski definition) is 1. The van der Waals surface area contributed by atoms with Crippen LogP contribution in [0.15, 0.2) is 84.9 Å². The van der Waals surface area contributed by atoms with E-state index in [1.807, 2.05) is 30.3 Å². The summed E-state index contributed by atoms with van der Waals surface area (Å²) in [4.78, 5) is 24.1. The highest BCUT2D eigenvalue weighted by atomic mass is 19.1. The molecule has 11 heteroatoms. The van der Waals surface area contributed by atoms with E-state index in [9.17, 15) is 19.1 Å². The maximum atomic E-state index is 12.7. The maximum Gasteiger partial charge on any atom is 0.169 e. The number of ketones is 2. The van der Waals surface area contributed by atoms with E-state index in [4.69, 9.17) is 33.2 Å². The Kier molecular flexibility index (Phi) is 18.1. The molecule has 0 amide bonds. The minimum atomic E-state index is -0.333. The van der Waals surface area contributed by atoms with Gasteiger partial charge in [-0.05, 0) is 110 Å². The molecule has 2 saturated heterocycles. The van der Waals surface area contributed by atoms with Crippen LogP contribution in [0.4, 0.5) is 4.39 Å². The number of ether oxygens (including phenoxy) is 7. The average Bonchev–Trinajstić information content (AvgIpc) is 3.24. The van der Waals surface area contributed by atoms with Crippen LogP contribution in [-0.2, 0) is 31.8 Å². The molecular formula is C44H53FO10. The summed E-state index contributed by atoms with van der Waals surface area (Å²) in [6.45, 7) is 6.94. The minimum Gasteiger partial charge on any atom is -0.504 e. The van der Waals surface area contributed by atoms with Gasteiger partial charge in [0.2, 0.25) is 0 Å². The zero-order chi connectivity index (χ0) is 39.4. The number of methoxy groups -OCH3 is 2. The molecule has 2 heterocycles. The topological polar surface area (TPSA) is 119 Å². The van der Waals surface area contributed by atoms with Crippen LogP contribution in [0.5, 0.6) is 28.7 Å². The van der Waals surface area contributed by atoms with Gasteiger partial charge in [-0.25, -0.2) is 4.39 Å². The van der Waals surface area contributed by atoms with E-state index in [0.717, 1.165) is 25.7 Å². The second-order valence-corrected chi connectivity index (χ2v) is 12.8. The van der Waals surface area contributed by atoms with Gasteiger partial charge in [-0.3, -0.25) is 9.59 Å². The number of benzene rings is 4. The predicted octanol–water partition coefficient (Wildman–Crippen LogP) is 9.29. The number of phenols is 1. The fourth-order valence-corrected chi connectivity index (χ4v) is 5.62. The van der Waals surface area contributed by atoms with E-state index in [1.165, 1.54) is 35.4 Å². The highest BCUT2D eigenvalue weighted by molar-refractivity contribution is 5.96. The van der Waals surface area contributed by atoms with E-state index in [-0.39, 0.29) is 35.7 Å². The van der Waals surface area contributed by atoms with Crippen LogP contribution >= 0.6 is 0 Å². The standard InChI is InChI=1S/C22H26O5.C13H15FO3.C9H12O2/c1-3-16-5-11-20(21(15-16)24-2)27-18-8-6-17(7-9-18)19(23)10-12-22-25-13-4-14-26-22;14-11-4-2-10(3-5-11)12(15)6-7-13-16-8-1-9-17-13;1-3-7-4-5-8(10)9(6-7)11-2/h5-9,11,15,22H,3-4,10,12-14H2,1-2H3;2-5,13H,1,6-9H2;4-6,10H,3H2,1-2H3. The Morgan fingerprint density at radius 1 is 0.636 bits per heavy atom. The summed E-state index contributed by atoms with van der Waals surface area (Å²) in [6, 6.07) is 24.0. The number of halogens is 1. The van der Waals surface area contributed by atoms with Crippen molar-refractivity contribution in [2.24, 2.45) is 0 Å². The van der Waals surface area contributed by atoms with E-state index in [2.05, 4.69) is 13.8 Å². The monoisotopic (exact) mass is 760 g/mol. The van der Waals surface area contributed by atoms with E-state index < -0.39 is 0 Å². The Labute approximate surface area is 323 Å². The number of carbonyl (C=O) groups is 2. The van der Waals surface area contributed by atoms with Crippen molar-refractivity contribution in [1.29, 1.82) is 0 Å². The molecule has 0 saturated carbocycles. The van der Waals surface area contributed by atoms with Crippen molar-refractivity contribution in [2.45, 2.75) is 77.8 Å². The second-order valence-electron chi connectivity index (χ2n) is 12.8. The van der Waals surface area contributed by atoms with Crippen molar-refractivity contribution in [2.75, 3.05) is 40.6 Å². The predicted molar refractivity (Wildman–Crippen MR) is 207 cm³/mol. The molecule has 4 aromatic rings. The van der Waals surface area contributed by atoms with Crippen LogP contribution < -0.4 is 14.2 Å². The summed E-state index contributed by atoms with van der Waals surface area (Å²) in [6.07, 6.45) is 5.07. The molecule has 10 nitrogen and oxygen atoms in total. The highest BCUT2D eigenvalue weighted by Crippen LogP contribution is 2.33. The third-order valence-electron chi connectivity index (χ3n) is 8.87. The lowest BCUT2D eigenvalue weighted by Gasteiger charge is -2.22. The molecule has 1 N–H and O–H groups in total. The first-order valence-electron chi connectivity index (χ1n) is 18.8. The van der Waals surface area contributed by atoms with Crippen molar-refractivity contribution in [3.05, 3.63) is 113 Å². The molecule has 55 heavy (non-hydrogen) atoms. The van der Waals surface area contributed by atoms with E-state index in [0.29, 0.717) is 86.2 Å². The van der Waals surface area contributed by atoms with Gasteiger partial charge in [0.15, 0.2) is 47.1 Å². The molecule has 0 radical (unpaired) electrons. The largest absolute Gasteiger partial charge is 0.504 e. The van der Waals surface area contributed by atoms with Gasteiger partial charge in [-0.2, -0.15) is 0 Å². The normalized spacial score (nSPS) is 14.4. The maximum absolute atomic E-state index is 12.7. The fraction of sp³-hybridized carbons (Fsp3) is 0.409. The lowest BCUT2D eigenvalue weighted by molar-refractivity contribution is -0.180. The van der Waals surface area contributed by atoms with E-state index >= 15 is 0 Å². The van der Waals surface area contributed by atoms with Crippen LogP contribution in [0.2, 0.25) is 0 Å². The van der Waals surface area contributed by atoms with Crippen molar-refractivity contribution in [1.82, 2.24) is 0 Å². The highest BCUT2D eigenvalue weighted by Gasteiger charge is 2.18. The van der Waals surface area contributed by atoms with Crippen LogP contribution in [0.1, 0.15) is 84.2 Å². The van der Waals surface area contributed by atoms with E-state index in [1.54, 1.807) is 44.6 Å². The molecule has 0 spiro atoms. The first-order chi connectivity index (χ1) is 26.7. The average molecular weight is 761 g/mol. The van der Waals surface area contributed by atoms with Crippen molar-refractivity contribution < 1.29 is 52.2 Å². The number of aromatic hydroxyl groups is 1. The number of carbonyl (C=O) groups excluding carboxylic acids is 2. The zero-order valence-corrected chi connectivity index (χ0v) is 32.2. The molecule has 0 aliphatic carbocycles. The Bertz CT molecular complexity index is 1750. The molecule has 2 aliphatic heterocycles. The van der Waals surface area contributed by atoms with Gasteiger partial charge in [0.05, 0.1) is 40.6 Å². The molecule has 6 rings (SSSR count). The van der Waals surface area contributed by atoms with Gasteiger partial charge in [0, 0.05) is 36.8 Å². The second kappa shape index (κ2) is 23.2. The molecule has 0 aromatic heterocycles. The molecular weight excluding hydrogens is 707 g/mol. The molecule has 2 fully saturated rings. The Balaban J connectivity index is 0.000000204. The van der Waals surface area contributed by atoms with Crippen LogP contribution in [-0.4, -0.2) is 69.9 Å². The Hall–Kier alpha value is -4.81. The molecule has 4 aromatic carbocycles. The Morgan fingerprint density at radius 3 is 1.56 bits per heavy atom. The molecule has 0 unspecified atom stereocenters. The summed E-state index contributed by atoms with van der Waals surface area (Å²) >= 11 is 0. The van der Waals surface area contributed by atoms with Gasteiger partial charge >= 0.3 is 0 Å². The molecule has 0 atom stereocenters. The van der Waals surface area contributed by atoms with Gasteiger partial charge in [-0.15, -0.1) is 0 Å². The van der Waals surface area contributed by atoms with Crippen molar-refractivity contribution in [3.8, 4) is 28.7 Å².